The normalized spacial score (nSPS) is 11.6. The molecule has 0 amide bonds. The molecule has 4 heteroatoms. The van der Waals surface area contributed by atoms with Crippen molar-refractivity contribution in [2.24, 2.45) is 17.3 Å². The topological polar surface area (TPSA) is 42.5 Å². The van der Waals surface area contributed by atoms with Gasteiger partial charge in [-0.05, 0) is 37.6 Å². The van der Waals surface area contributed by atoms with E-state index in [2.05, 4.69) is 28.2 Å². The van der Waals surface area contributed by atoms with Crippen LogP contribution in [0, 0.1) is 13.8 Å². The standard InChI is InChI=1S/C16H16N4/c1-11-8-9-13(12(2)10-11)18-19-16-17-14-6-4-5-7-15(14)20(16)3/h4-10H,1-3H3/b19-18+. The second-order valence-electron chi connectivity index (χ2n) is 4.95. The molecule has 1 aromatic heterocycles. The number of rotatable bonds is 2. The molecular formula is C16H16N4. The van der Waals surface area contributed by atoms with Crippen molar-refractivity contribution >= 4 is 22.7 Å². The van der Waals surface area contributed by atoms with Gasteiger partial charge in [-0.1, -0.05) is 29.8 Å². The Morgan fingerprint density at radius 2 is 1.80 bits per heavy atom. The van der Waals surface area contributed by atoms with Crippen molar-refractivity contribution in [1.29, 1.82) is 0 Å². The third-order valence-corrected chi connectivity index (χ3v) is 3.36. The van der Waals surface area contributed by atoms with Gasteiger partial charge in [0, 0.05) is 7.05 Å². The van der Waals surface area contributed by atoms with Crippen molar-refractivity contribution in [2.75, 3.05) is 0 Å². The molecule has 1 heterocycles. The molecule has 0 N–H and O–H groups in total. The van der Waals surface area contributed by atoms with Crippen LogP contribution in [0.15, 0.2) is 52.7 Å². The molecule has 0 radical (unpaired) electrons. The number of fused-ring (bicyclic) bond motifs is 1. The number of aryl methyl sites for hydroxylation is 3. The Balaban J connectivity index is 2.00. The Kier molecular flexibility index (Phi) is 3.06. The van der Waals surface area contributed by atoms with Crippen LogP contribution in [-0.2, 0) is 7.05 Å². The van der Waals surface area contributed by atoms with E-state index < -0.39 is 0 Å². The van der Waals surface area contributed by atoms with Gasteiger partial charge in [0.2, 0.25) is 5.95 Å². The Morgan fingerprint density at radius 1 is 1.00 bits per heavy atom. The summed E-state index contributed by atoms with van der Waals surface area (Å²) in [5, 5.41) is 8.60. The lowest BCUT2D eigenvalue weighted by Crippen LogP contribution is -1.85. The fraction of sp³-hybridized carbons (Fsp3) is 0.188. The molecule has 0 saturated heterocycles. The number of imidazole rings is 1. The average Bonchev–Trinajstić information content (AvgIpc) is 2.75. The van der Waals surface area contributed by atoms with E-state index >= 15 is 0 Å². The van der Waals surface area contributed by atoms with Gasteiger partial charge in [-0.25, -0.2) is 4.98 Å². The third kappa shape index (κ3) is 2.20. The molecular weight excluding hydrogens is 248 g/mol. The SMILES string of the molecule is Cc1ccc(/N=N/c2nc3ccccc3n2C)c(C)c1. The molecule has 3 aromatic rings. The maximum Gasteiger partial charge on any atom is 0.250 e. The van der Waals surface area contributed by atoms with Crippen LogP contribution in [0.5, 0.6) is 0 Å². The van der Waals surface area contributed by atoms with E-state index in [0.717, 1.165) is 22.3 Å². The fourth-order valence-electron chi connectivity index (χ4n) is 2.24. The summed E-state index contributed by atoms with van der Waals surface area (Å²) >= 11 is 0. The lowest BCUT2D eigenvalue weighted by molar-refractivity contribution is 0.920. The van der Waals surface area contributed by atoms with Crippen LogP contribution in [0.2, 0.25) is 0 Å². The van der Waals surface area contributed by atoms with Crippen molar-refractivity contribution < 1.29 is 0 Å². The summed E-state index contributed by atoms with van der Waals surface area (Å²) in [6.07, 6.45) is 0. The van der Waals surface area contributed by atoms with Gasteiger partial charge in [-0.3, -0.25) is 0 Å². The van der Waals surface area contributed by atoms with Crippen molar-refractivity contribution in [3.8, 4) is 0 Å². The predicted molar refractivity (Wildman–Crippen MR) is 80.8 cm³/mol. The number of nitrogens with zero attached hydrogens (tertiary/aromatic N) is 4. The van der Waals surface area contributed by atoms with Gasteiger partial charge in [0.1, 0.15) is 0 Å². The number of hydrogen-bond donors (Lipinski definition) is 0. The van der Waals surface area contributed by atoms with Gasteiger partial charge in [0.05, 0.1) is 16.7 Å². The number of azo groups is 1. The second-order valence-corrected chi connectivity index (χ2v) is 4.95. The van der Waals surface area contributed by atoms with Gasteiger partial charge >= 0.3 is 0 Å². The first-order valence-corrected chi connectivity index (χ1v) is 6.55. The number of aromatic nitrogens is 2. The van der Waals surface area contributed by atoms with Crippen molar-refractivity contribution in [1.82, 2.24) is 9.55 Å². The van der Waals surface area contributed by atoms with E-state index in [0.29, 0.717) is 5.95 Å². The number of hydrogen-bond acceptors (Lipinski definition) is 3. The van der Waals surface area contributed by atoms with E-state index in [9.17, 15) is 0 Å². The zero-order valence-electron chi connectivity index (χ0n) is 11.8. The molecule has 0 spiro atoms. The summed E-state index contributed by atoms with van der Waals surface area (Å²) in [7, 11) is 1.95. The van der Waals surface area contributed by atoms with Gasteiger partial charge in [-0.15, -0.1) is 10.2 Å². The van der Waals surface area contributed by atoms with Crippen LogP contribution in [0.1, 0.15) is 11.1 Å². The minimum atomic E-state index is 0.617. The summed E-state index contributed by atoms with van der Waals surface area (Å²) in [5.74, 6) is 0.617. The van der Waals surface area contributed by atoms with Crippen LogP contribution >= 0.6 is 0 Å². The molecule has 0 bridgehead atoms. The van der Waals surface area contributed by atoms with Crippen molar-refractivity contribution in [3.05, 3.63) is 53.6 Å². The molecule has 100 valence electrons. The third-order valence-electron chi connectivity index (χ3n) is 3.36. The van der Waals surface area contributed by atoms with Crippen LogP contribution in [0.25, 0.3) is 11.0 Å². The smallest absolute Gasteiger partial charge is 0.250 e. The summed E-state index contributed by atoms with van der Waals surface area (Å²) in [6.45, 7) is 4.11. The quantitative estimate of drug-likeness (QED) is 0.623. The van der Waals surface area contributed by atoms with Crippen molar-refractivity contribution in [2.45, 2.75) is 13.8 Å². The highest BCUT2D eigenvalue weighted by atomic mass is 15.3. The fourth-order valence-corrected chi connectivity index (χ4v) is 2.24. The first-order valence-electron chi connectivity index (χ1n) is 6.55. The van der Waals surface area contributed by atoms with Crippen LogP contribution in [0.4, 0.5) is 11.6 Å². The lowest BCUT2D eigenvalue weighted by Gasteiger charge is -2.00. The summed E-state index contributed by atoms with van der Waals surface area (Å²) in [5.41, 5.74) is 5.21. The molecule has 3 rings (SSSR count). The largest absolute Gasteiger partial charge is 0.310 e. The van der Waals surface area contributed by atoms with E-state index in [1.807, 2.05) is 54.9 Å². The Hall–Kier alpha value is -2.49. The van der Waals surface area contributed by atoms with Gasteiger partial charge in [0.25, 0.3) is 0 Å². The molecule has 2 aromatic carbocycles. The predicted octanol–water partition coefficient (Wildman–Crippen LogP) is 4.61. The minimum Gasteiger partial charge on any atom is -0.310 e. The molecule has 0 saturated carbocycles. The van der Waals surface area contributed by atoms with Crippen LogP contribution in [0.3, 0.4) is 0 Å². The molecule has 0 fully saturated rings. The van der Waals surface area contributed by atoms with Crippen LogP contribution < -0.4 is 0 Å². The molecule has 0 aliphatic carbocycles. The van der Waals surface area contributed by atoms with E-state index in [1.54, 1.807) is 0 Å². The highest BCUT2D eigenvalue weighted by molar-refractivity contribution is 5.77. The zero-order chi connectivity index (χ0) is 14.1. The number of para-hydroxylation sites is 2. The zero-order valence-corrected chi connectivity index (χ0v) is 11.8. The minimum absolute atomic E-state index is 0.617. The first-order chi connectivity index (χ1) is 9.65. The first kappa shape index (κ1) is 12.5. The van der Waals surface area contributed by atoms with Crippen LogP contribution in [-0.4, -0.2) is 9.55 Å². The summed E-state index contributed by atoms with van der Waals surface area (Å²) in [6, 6.07) is 14.1. The van der Waals surface area contributed by atoms with Gasteiger partial charge in [0.15, 0.2) is 0 Å². The van der Waals surface area contributed by atoms with E-state index in [1.165, 1.54) is 5.56 Å². The molecule has 0 aliphatic rings. The number of benzene rings is 2. The Morgan fingerprint density at radius 3 is 2.55 bits per heavy atom. The molecule has 4 nitrogen and oxygen atoms in total. The Bertz CT molecular complexity index is 799. The van der Waals surface area contributed by atoms with Crippen molar-refractivity contribution in [3.63, 3.8) is 0 Å². The monoisotopic (exact) mass is 264 g/mol. The molecule has 0 atom stereocenters. The molecule has 20 heavy (non-hydrogen) atoms. The van der Waals surface area contributed by atoms with Gasteiger partial charge in [-0.2, -0.15) is 0 Å². The second kappa shape index (κ2) is 4.89. The van der Waals surface area contributed by atoms with E-state index in [4.69, 9.17) is 0 Å². The lowest BCUT2D eigenvalue weighted by atomic mass is 10.1. The maximum absolute atomic E-state index is 4.48. The maximum atomic E-state index is 4.48. The summed E-state index contributed by atoms with van der Waals surface area (Å²) < 4.78 is 1.95. The molecule has 0 aliphatic heterocycles. The van der Waals surface area contributed by atoms with Gasteiger partial charge < -0.3 is 4.57 Å². The average molecular weight is 264 g/mol. The highest BCUT2D eigenvalue weighted by Crippen LogP contribution is 2.24. The Labute approximate surface area is 117 Å². The van der Waals surface area contributed by atoms with E-state index in [-0.39, 0.29) is 0 Å². The highest BCUT2D eigenvalue weighted by Gasteiger charge is 2.05. The summed E-state index contributed by atoms with van der Waals surface area (Å²) in [4.78, 5) is 4.48. The molecule has 0 unspecified atom stereocenters.